The monoisotopic (exact) mass is 234 g/mol. The lowest BCUT2D eigenvalue weighted by Crippen LogP contribution is -2.14. The molecule has 0 spiro atoms. The van der Waals surface area contributed by atoms with E-state index in [1.165, 1.54) is 18.2 Å². The molecule has 0 aliphatic rings. The van der Waals surface area contributed by atoms with Crippen molar-refractivity contribution in [3.63, 3.8) is 0 Å². The molecule has 4 heteroatoms. The number of hydrogen-bond acceptors (Lipinski definition) is 2. The van der Waals surface area contributed by atoms with Crippen LogP contribution in [0.25, 0.3) is 0 Å². The number of rotatable bonds is 3. The fraction of sp³-hybridized carbons (Fsp3) is 0.154. The van der Waals surface area contributed by atoms with Gasteiger partial charge in [0.05, 0.1) is 17.9 Å². The maximum atomic E-state index is 12.7. The third-order valence-electron chi connectivity index (χ3n) is 2.50. The number of benzene rings is 1. The van der Waals surface area contributed by atoms with E-state index in [9.17, 15) is 8.78 Å². The first-order valence-corrected chi connectivity index (χ1v) is 5.26. The maximum absolute atomic E-state index is 12.7. The van der Waals surface area contributed by atoms with E-state index in [1.807, 2.05) is 0 Å². The fourth-order valence-corrected chi connectivity index (χ4v) is 1.59. The molecule has 0 radical (unpaired) electrons. The summed E-state index contributed by atoms with van der Waals surface area (Å²) in [6.07, 6.45) is 1.68. The molecule has 1 aromatic carbocycles. The molecule has 0 saturated carbocycles. The van der Waals surface area contributed by atoms with Crippen LogP contribution in [-0.4, -0.2) is 4.98 Å². The summed E-state index contributed by atoms with van der Waals surface area (Å²) in [5, 5.41) is 0. The number of nitrogens with zero attached hydrogens (tertiary/aromatic N) is 1. The molecule has 1 unspecified atom stereocenters. The van der Waals surface area contributed by atoms with E-state index in [0.29, 0.717) is 12.1 Å². The highest BCUT2D eigenvalue weighted by molar-refractivity contribution is 5.20. The minimum absolute atomic E-state index is 0.276. The molecule has 0 aliphatic heterocycles. The topological polar surface area (TPSA) is 38.9 Å². The normalized spacial score (nSPS) is 12.4. The van der Waals surface area contributed by atoms with Crippen LogP contribution in [0.5, 0.6) is 0 Å². The number of halogens is 2. The minimum Gasteiger partial charge on any atom is -0.322 e. The van der Waals surface area contributed by atoms with Crippen LogP contribution in [0.2, 0.25) is 0 Å². The van der Waals surface area contributed by atoms with Crippen molar-refractivity contribution in [3.05, 3.63) is 65.5 Å². The van der Waals surface area contributed by atoms with Crippen molar-refractivity contribution in [1.82, 2.24) is 4.98 Å². The van der Waals surface area contributed by atoms with Gasteiger partial charge in [0.15, 0.2) is 0 Å². The molecule has 17 heavy (non-hydrogen) atoms. The molecule has 2 N–H and O–H groups in total. The Morgan fingerprint density at radius 3 is 2.24 bits per heavy atom. The Kier molecular flexibility index (Phi) is 3.44. The fourth-order valence-electron chi connectivity index (χ4n) is 1.59. The molecule has 0 fully saturated rings. The van der Waals surface area contributed by atoms with Gasteiger partial charge in [-0.3, -0.25) is 4.98 Å². The standard InChI is InChI=1S/C13H12F2N2/c14-10-3-1-9(2-4-10)7-12(16)13-6-5-11(15)8-17-13/h1-6,8,12H,7,16H2. The van der Waals surface area contributed by atoms with E-state index in [2.05, 4.69) is 4.98 Å². The van der Waals surface area contributed by atoms with Gasteiger partial charge >= 0.3 is 0 Å². The summed E-state index contributed by atoms with van der Waals surface area (Å²) in [5.74, 6) is -0.662. The quantitative estimate of drug-likeness (QED) is 0.886. The van der Waals surface area contributed by atoms with Gasteiger partial charge in [-0.15, -0.1) is 0 Å². The first-order valence-electron chi connectivity index (χ1n) is 5.26. The van der Waals surface area contributed by atoms with Gasteiger partial charge in [-0.1, -0.05) is 12.1 Å². The molecular formula is C13H12F2N2. The van der Waals surface area contributed by atoms with E-state index in [1.54, 1.807) is 18.2 Å². The van der Waals surface area contributed by atoms with Gasteiger partial charge in [0.1, 0.15) is 11.6 Å². The highest BCUT2D eigenvalue weighted by Crippen LogP contribution is 2.14. The van der Waals surface area contributed by atoms with Crippen molar-refractivity contribution >= 4 is 0 Å². The zero-order valence-electron chi connectivity index (χ0n) is 9.11. The smallest absolute Gasteiger partial charge is 0.141 e. The second-order valence-corrected chi connectivity index (χ2v) is 3.84. The zero-order valence-corrected chi connectivity index (χ0v) is 9.11. The highest BCUT2D eigenvalue weighted by Gasteiger charge is 2.08. The Hall–Kier alpha value is -1.81. The summed E-state index contributed by atoms with van der Waals surface area (Å²) in [6.45, 7) is 0. The average Bonchev–Trinajstić information content (AvgIpc) is 2.33. The number of pyridine rings is 1. The minimum atomic E-state index is -0.386. The molecule has 88 valence electrons. The third kappa shape index (κ3) is 3.07. The van der Waals surface area contributed by atoms with Crippen molar-refractivity contribution in [1.29, 1.82) is 0 Å². The summed E-state index contributed by atoms with van der Waals surface area (Å²) in [4.78, 5) is 3.92. The first-order chi connectivity index (χ1) is 8.15. The highest BCUT2D eigenvalue weighted by atomic mass is 19.1. The Morgan fingerprint density at radius 2 is 1.65 bits per heavy atom. The van der Waals surface area contributed by atoms with Crippen LogP contribution in [0.15, 0.2) is 42.6 Å². The van der Waals surface area contributed by atoms with Crippen LogP contribution < -0.4 is 5.73 Å². The molecule has 0 bridgehead atoms. The van der Waals surface area contributed by atoms with E-state index < -0.39 is 0 Å². The third-order valence-corrected chi connectivity index (χ3v) is 2.50. The van der Waals surface area contributed by atoms with Gasteiger partial charge < -0.3 is 5.73 Å². The van der Waals surface area contributed by atoms with E-state index >= 15 is 0 Å². The van der Waals surface area contributed by atoms with Crippen molar-refractivity contribution in [2.45, 2.75) is 12.5 Å². The Morgan fingerprint density at radius 1 is 1.00 bits per heavy atom. The van der Waals surface area contributed by atoms with E-state index in [-0.39, 0.29) is 17.7 Å². The van der Waals surface area contributed by atoms with Gasteiger partial charge in [-0.25, -0.2) is 8.78 Å². The van der Waals surface area contributed by atoms with Crippen LogP contribution in [0, 0.1) is 11.6 Å². The van der Waals surface area contributed by atoms with Gasteiger partial charge in [0.25, 0.3) is 0 Å². The molecule has 2 nitrogen and oxygen atoms in total. The Balaban J connectivity index is 2.08. The zero-order chi connectivity index (χ0) is 12.3. The van der Waals surface area contributed by atoms with Crippen molar-refractivity contribution in [2.75, 3.05) is 0 Å². The molecule has 0 aliphatic carbocycles. The van der Waals surface area contributed by atoms with Gasteiger partial charge in [0, 0.05) is 0 Å². The molecule has 2 aromatic rings. The molecule has 1 atom stereocenters. The molecule has 2 rings (SSSR count). The molecule has 0 saturated heterocycles. The number of nitrogens with two attached hydrogens (primary N) is 1. The van der Waals surface area contributed by atoms with Crippen LogP contribution >= 0.6 is 0 Å². The van der Waals surface area contributed by atoms with Gasteiger partial charge in [-0.05, 0) is 36.2 Å². The predicted molar refractivity (Wildman–Crippen MR) is 61.2 cm³/mol. The van der Waals surface area contributed by atoms with E-state index in [4.69, 9.17) is 5.73 Å². The first kappa shape index (κ1) is 11.7. The summed E-state index contributed by atoms with van der Waals surface area (Å²) < 4.78 is 25.4. The summed E-state index contributed by atoms with van der Waals surface area (Å²) in [6, 6.07) is 8.70. The van der Waals surface area contributed by atoms with Crippen LogP contribution in [0.3, 0.4) is 0 Å². The maximum Gasteiger partial charge on any atom is 0.141 e. The predicted octanol–water partition coefficient (Wildman–Crippen LogP) is 2.60. The summed E-state index contributed by atoms with van der Waals surface area (Å²) in [5.41, 5.74) is 7.48. The largest absolute Gasteiger partial charge is 0.322 e. The van der Waals surface area contributed by atoms with Crippen molar-refractivity contribution in [2.24, 2.45) is 5.73 Å². The lowest BCUT2D eigenvalue weighted by atomic mass is 10.0. The average molecular weight is 234 g/mol. The second-order valence-electron chi connectivity index (χ2n) is 3.84. The summed E-state index contributed by atoms with van der Waals surface area (Å²) >= 11 is 0. The second kappa shape index (κ2) is 5.01. The molecule has 1 heterocycles. The molecule has 0 amide bonds. The number of aromatic nitrogens is 1. The van der Waals surface area contributed by atoms with Gasteiger partial charge in [-0.2, -0.15) is 0 Å². The Bertz CT molecular complexity index is 480. The lowest BCUT2D eigenvalue weighted by Gasteiger charge is -2.10. The van der Waals surface area contributed by atoms with Gasteiger partial charge in [0.2, 0.25) is 0 Å². The molecular weight excluding hydrogens is 222 g/mol. The molecule has 1 aromatic heterocycles. The SMILES string of the molecule is NC(Cc1ccc(F)cc1)c1ccc(F)cn1. The van der Waals surface area contributed by atoms with Crippen LogP contribution in [0.1, 0.15) is 17.3 Å². The number of hydrogen-bond donors (Lipinski definition) is 1. The van der Waals surface area contributed by atoms with Crippen molar-refractivity contribution < 1.29 is 8.78 Å². The van der Waals surface area contributed by atoms with Crippen LogP contribution in [0.4, 0.5) is 8.78 Å². The van der Waals surface area contributed by atoms with E-state index in [0.717, 1.165) is 11.8 Å². The lowest BCUT2D eigenvalue weighted by molar-refractivity contribution is 0.611. The summed E-state index contributed by atoms with van der Waals surface area (Å²) in [7, 11) is 0. The van der Waals surface area contributed by atoms with Crippen molar-refractivity contribution in [3.8, 4) is 0 Å². The van der Waals surface area contributed by atoms with Crippen LogP contribution in [-0.2, 0) is 6.42 Å². The Labute approximate surface area is 98.1 Å².